The minimum Gasteiger partial charge on any atom is -0.302 e. The van der Waals surface area contributed by atoms with Crippen LogP contribution in [0.5, 0.6) is 0 Å². The summed E-state index contributed by atoms with van der Waals surface area (Å²) in [5.74, 6) is 0. The molecule has 0 aliphatic heterocycles. The molecule has 0 aromatic heterocycles. The standard InChI is InChI=1S/C12H18N/c1-11(13(2,3)4)10-12-8-6-5-7-9-12/h5-9H,1,10H2,2-4H3/q+1. The summed E-state index contributed by atoms with van der Waals surface area (Å²) < 4.78 is 0.828. The van der Waals surface area contributed by atoms with Crippen LogP contribution < -0.4 is 0 Å². The van der Waals surface area contributed by atoms with E-state index < -0.39 is 0 Å². The maximum absolute atomic E-state index is 4.09. The third-order valence-electron chi connectivity index (χ3n) is 2.20. The predicted octanol–water partition coefficient (Wildman–Crippen LogP) is 2.45. The minimum absolute atomic E-state index is 0.828. The molecule has 1 aromatic carbocycles. The summed E-state index contributed by atoms with van der Waals surface area (Å²) in [6, 6.07) is 10.5. The van der Waals surface area contributed by atoms with Crippen LogP contribution >= 0.6 is 0 Å². The lowest BCUT2D eigenvalue weighted by molar-refractivity contribution is -0.832. The zero-order chi connectivity index (χ0) is 9.90. The van der Waals surface area contributed by atoms with Crippen molar-refractivity contribution in [2.45, 2.75) is 6.42 Å². The van der Waals surface area contributed by atoms with Crippen LogP contribution in [0.4, 0.5) is 0 Å². The lowest BCUT2D eigenvalue weighted by atomic mass is 10.1. The number of hydrogen-bond donors (Lipinski definition) is 0. The molecule has 0 amide bonds. The Kier molecular flexibility index (Phi) is 2.89. The number of hydrogen-bond acceptors (Lipinski definition) is 0. The Bertz CT molecular complexity index is 280. The van der Waals surface area contributed by atoms with E-state index in [4.69, 9.17) is 0 Å². The van der Waals surface area contributed by atoms with Crippen LogP contribution in [0.3, 0.4) is 0 Å². The largest absolute Gasteiger partial charge is 0.302 e. The van der Waals surface area contributed by atoms with Gasteiger partial charge in [0.2, 0.25) is 0 Å². The number of quaternary nitrogens is 1. The molecule has 1 rings (SSSR count). The van der Waals surface area contributed by atoms with Crippen molar-refractivity contribution in [2.24, 2.45) is 0 Å². The molecule has 13 heavy (non-hydrogen) atoms. The van der Waals surface area contributed by atoms with E-state index in [1.807, 2.05) is 6.07 Å². The number of nitrogens with zero attached hydrogens (tertiary/aromatic N) is 1. The van der Waals surface area contributed by atoms with Gasteiger partial charge in [-0.2, -0.15) is 0 Å². The Morgan fingerprint density at radius 1 is 1.15 bits per heavy atom. The normalized spacial score (nSPS) is 11.3. The molecule has 0 heterocycles. The van der Waals surface area contributed by atoms with Gasteiger partial charge in [0.25, 0.3) is 0 Å². The first kappa shape index (κ1) is 10.0. The van der Waals surface area contributed by atoms with E-state index in [1.54, 1.807) is 0 Å². The van der Waals surface area contributed by atoms with E-state index in [-0.39, 0.29) is 0 Å². The van der Waals surface area contributed by atoms with Crippen molar-refractivity contribution in [3.63, 3.8) is 0 Å². The van der Waals surface area contributed by atoms with Gasteiger partial charge in [0, 0.05) is 6.42 Å². The van der Waals surface area contributed by atoms with Crippen molar-refractivity contribution in [3.05, 3.63) is 48.2 Å². The van der Waals surface area contributed by atoms with Gasteiger partial charge in [0.05, 0.1) is 21.1 Å². The van der Waals surface area contributed by atoms with Crippen molar-refractivity contribution >= 4 is 0 Å². The highest BCUT2D eigenvalue weighted by Gasteiger charge is 2.13. The van der Waals surface area contributed by atoms with Crippen molar-refractivity contribution < 1.29 is 4.48 Å². The Balaban J connectivity index is 2.66. The van der Waals surface area contributed by atoms with Gasteiger partial charge in [0.1, 0.15) is 5.70 Å². The summed E-state index contributed by atoms with van der Waals surface area (Å²) >= 11 is 0. The maximum Gasteiger partial charge on any atom is 0.105 e. The molecule has 0 unspecified atom stereocenters. The van der Waals surface area contributed by atoms with Crippen molar-refractivity contribution in [2.75, 3.05) is 21.1 Å². The van der Waals surface area contributed by atoms with Crippen LogP contribution in [0.1, 0.15) is 5.56 Å². The van der Waals surface area contributed by atoms with Crippen LogP contribution in [-0.2, 0) is 6.42 Å². The summed E-state index contributed by atoms with van der Waals surface area (Å²) in [6.07, 6.45) is 0.963. The fourth-order valence-electron chi connectivity index (χ4n) is 1.07. The maximum atomic E-state index is 4.09. The second kappa shape index (κ2) is 3.75. The SMILES string of the molecule is C=C(Cc1ccccc1)[N+](C)(C)C. The average Bonchev–Trinajstić information content (AvgIpc) is 2.04. The monoisotopic (exact) mass is 176 g/mol. The Morgan fingerprint density at radius 2 is 1.69 bits per heavy atom. The molecule has 0 atom stereocenters. The molecular formula is C12H18N+. The zero-order valence-corrected chi connectivity index (χ0v) is 8.75. The summed E-state index contributed by atoms with van der Waals surface area (Å²) in [6.45, 7) is 4.09. The minimum atomic E-state index is 0.828. The molecule has 0 bridgehead atoms. The fraction of sp³-hybridized carbons (Fsp3) is 0.333. The molecule has 1 aromatic rings. The second-order valence-corrected chi connectivity index (χ2v) is 4.24. The fourth-order valence-corrected chi connectivity index (χ4v) is 1.07. The second-order valence-electron chi connectivity index (χ2n) is 4.24. The molecule has 0 saturated carbocycles. The van der Waals surface area contributed by atoms with Gasteiger partial charge in [-0.3, -0.25) is 0 Å². The lowest BCUT2D eigenvalue weighted by Crippen LogP contribution is -2.33. The van der Waals surface area contributed by atoms with E-state index in [1.165, 1.54) is 11.3 Å². The first-order valence-electron chi connectivity index (χ1n) is 4.54. The molecule has 0 saturated heterocycles. The number of rotatable bonds is 3. The third kappa shape index (κ3) is 3.03. The highest BCUT2D eigenvalue weighted by Crippen LogP contribution is 2.12. The molecule has 0 aliphatic rings. The van der Waals surface area contributed by atoms with Crippen molar-refractivity contribution in [1.82, 2.24) is 0 Å². The molecule has 0 aliphatic carbocycles. The molecule has 70 valence electrons. The molecule has 1 nitrogen and oxygen atoms in total. The van der Waals surface area contributed by atoms with Crippen LogP contribution in [0, 0.1) is 0 Å². The Morgan fingerprint density at radius 3 is 2.15 bits per heavy atom. The van der Waals surface area contributed by atoms with E-state index >= 15 is 0 Å². The highest BCUT2D eigenvalue weighted by atomic mass is 15.3. The molecule has 0 radical (unpaired) electrons. The van der Waals surface area contributed by atoms with Crippen LogP contribution in [0.2, 0.25) is 0 Å². The van der Waals surface area contributed by atoms with Gasteiger partial charge in [-0.1, -0.05) is 30.3 Å². The van der Waals surface area contributed by atoms with Crippen LogP contribution in [0.25, 0.3) is 0 Å². The topological polar surface area (TPSA) is 0 Å². The molecule has 1 heteroatoms. The molecule has 0 spiro atoms. The van der Waals surface area contributed by atoms with Gasteiger partial charge in [0.15, 0.2) is 0 Å². The molecular weight excluding hydrogens is 158 g/mol. The molecule has 0 fully saturated rings. The van der Waals surface area contributed by atoms with Gasteiger partial charge in [-0.15, -0.1) is 0 Å². The first-order valence-corrected chi connectivity index (χ1v) is 4.54. The van der Waals surface area contributed by atoms with E-state index in [2.05, 4.69) is 52.0 Å². The van der Waals surface area contributed by atoms with Gasteiger partial charge >= 0.3 is 0 Å². The first-order chi connectivity index (χ1) is 6.00. The van der Waals surface area contributed by atoms with Gasteiger partial charge in [-0.25, -0.2) is 0 Å². The van der Waals surface area contributed by atoms with Crippen molar-refractivity contribution in [1.29, 1.82) is 0 Å². The highest BCUT2D eigenvalue weighted by molar-refractivity contribution is 5.18. The van der Waals surface area contributed by atoms with Gasteiger partial charge in [-0.05, 0) is 12.1 Å². The smallest absolute Gasteiger partial charge is 0.105 e. The summed E-state index contributed by atoms with van der Waals surface area (Å²) in [5.41, 5.74) is 2.56. The number of allylic oxidation sites excluding steroid dienone is 1. The Hall–Kier alpha value is -1.08. The van der Waals surface area contributed by atoms with E-state index in [0.29, 0.717) is 0 Å². The number of likely N-dealkylation sites (N-methyl/N-ethyl adjacent to an activating group) is 1. The third-order valence-corrected chi connectivity index (χ3v) is 2.20. The van der Waals surface area contributed by atoms with Crippen LogP contribution in [0.15, 0.2) is 42.6 Å². The average molecular weight is 176 g/mol. The quantitative estimate of drug-likeness (QED) is 0.621. The Labute approximate surface area is 80.9 Å². The molecule has 0 N–H and O–H groups in total. The van der Waals surface area contributed by atoms with E-state index in [9.17, 15) is 0 Å². The lowest BCUT2D eigenvalue weighted by Gasteiger charge is -2.25. The summed E-state index contributed by atoms with van der Waals surface area (Å²) in [4.78, 5) is 0. The summed E-state index contributed by atoms with van der Waals surface area (Å²) in [5, 5.41) is 0. The summed E-state index contributed by atoms with van der Waals surface area (Å²) in [7, 11) is 6.43. The number of benzene rings is 1. The van der Waals surface area contributed by atoms with Gasteiger partial charge < -0.3 is 4.48 Å². The van der Waals surface area contributed by atoms with Crippen LogP contribution in [-0.4, -0.2) is 25.6 Å². The zero-order valence-electron chi connectivity index (χ0n) is 8.75. The predicted molar refractivity (Wildman–Crippen MR) is 57.3 cm³/mol. The van der Waals surface area contributed by atoms with Crippen molar-refractivity contribution in [3.8, 4) is 0 Å². The van der Waals surface area contributed by atoms with E-state index in [0.717, 1.165) is 10.9 Å².